The monoisotopic (exact) mass is 509 g/mol. The Morgan fingerprint density at radius 2 is 0.941 bits per heavy atom. The minimum absolute atomic E-state index is 0.00840. The Kier molecular flexibility index (Phi) is 7.31. The average molecular weight is 509 g/mol. The van der Waals surface area contributed by atoms with Crippen molar-refractivity contribution in [2.24, 2.45) is 0 Å². The van der Waals surface area contributed by atoms with E-state index in [-0.39, 0.29) is 15.4 Å². The van der Waals surface area contributed by atoms with E-state index in [0.29, 0.717) is 4.90 Å². The van der Waals surface area contributed by atoms with Gasteiger partial charge in [0.2, 0.25) is 0 Å². The first kappa shape index (κ1) is 26.0. The van der Waals surface area contributed by atoms with Gasteiger partial charge in [0.25, 0.3) is 0 Å². The second kappa shape index (κ2) is 9.56. The minimum atomic E-state index is -5.65. The quantitative estimate of drug-likeness (QED) is 0.239. The van der Waals surface area contributed by atoms with Gasteiger partial charge in [-0.1, -0.05) is 54.6 Å². The van der Waals surface area contributed by atoms with E-state index >= 15 is 0 Å². The summed E-state index contributed by atoms with van der Waals surface area (Å²) in [7, 11) is -1.68. The van der Waals surface area contributed by atoms with E-state index in [1.807, 2.05) is 0 Å². The summed E-state index contributed by atoms with van der Waals surface area (Å²) in [5, 5.41) is 0. The highest BCUT2D eigenvalue weighted by molar-refractivity contribution is 7.97. The SMILES string of the molecule is CC(c1ccccc1[S+](c1ccccc1)c1ccccc1C(C(F)(F)F)C(F)(F)F)C(F)(F)F. The molecule has 0 aromatic heterocycles. The summed E-state index contributed by atoms with van der Waals surface area (Å²) in [5.74, 6) is -5.78. The minimum Gasteiger partial charge on any atom is -0.170 e. The largest absolute Gasteiger partial charge is 0.404 e. The number of rotatable bonds is 5. The smallest absolute Gasteiger partial charge is 0.170 e. The lowest BCUT2D eigenvalue weighted by Gasteiger charge is -2.25. The van der Waals surface area contributed by atoms with Crippen LogP contribution in [0, 0.1) is 0 Å². The Bertz CT molecular complexity index is 1090. The fourth-order valence-corrected chi connectivity index (χ4v) is 6.08. The van der Waals surface area contributed by atoms with Crippen LogP contribution >= 0.6 is 0 Å². The maximum atomic E-state index is 13.6. The zero-order valence-corrected chi connectivity index (χ0v) is 18.3. The molecule has 0 fully saturated rings. The highest BCUT2D eigenvalue weighted by Crippen LogP contribution is 2.50. The molecule has 34 heavy (non-hydrogen) atoms. The molecule has 0 saturated heterocycles. The molecule has 10 heteroatoms. The van der Waals surface area contributed by atoms with Crippen molar-refractivity contribution in [1.82, 2.24) is 0 Å². The topological polar surface area (TPSA) is 0 Å². The molecule has 0 spiro atoms. The Balaban J connectivity index is 2.35. The van der Waals surface area contributed by atoms with E-state index < -0.39 is 46.8 Å². The van der Waals surface area contributed by atoms with Gasteiger partial charge in [-0.2, -0.15) is 39.5 Å². The van der Waals surface area contributed by atoms with E-state index in [0.717, 1.165) is 25.1 Å². The average Bonchev–Trinajstić information content (AvgIpc) is 2.73. The van der Waals surface area contributed by atoms with E-state index in [2.05, 4.69) is 0 Å². The fourth-order valence-electron chi connectivity index (χ4n) is 3.57. The number of alkyl halides is 9. The van der Waals surface area contributed by atoms with Crippen molar-refractivity contribution in [2.75, 3.05) is 0 Å². The van der Waals surface area contributed by atoms with E-state index in [1.54, 1.807) is 6.07 Å². The zero-order valence-electron chi connectivity index (χ0n) is 17.5. The van der Waals surface area contributed by atoms with Crippen molar-refractivity contribution in [3.8, 4) is 0 Å². The van der Waals surface area contributed by atoms with Gasteiger partial charge in [-0.3, -0.25) is 0 Å². The summed E-state index contributed by atoms with van der Waals surface area (Å²) in [6, 6.07) is 17.1. The normalized spacial score (nSPS) is 14.8. The molecule has 0 aliphatic carbocycles. The lowest BCUT2D eigenvalue weighted by atomic mass is 9.98. The Morgan fingerprint density at radius 1 is 0.529 bits per heavy atom. The molecule has 3 aromatic carbocycles. The molecule has 0 bridgehead atoms. The van der Waals surface area contributed by atoms with E-state index in [1.165, 1.54) is 54.6 Å². The Morgan fingerprint density at radius 3 is 1.41 bits per heavy atom. The van der Waals surface area contributed by atoms with Crippen LogP contribution in [-0.2, 0) is 10.9 Å². The summed E-state index contributed by atoms with van der Waals surface area (Å²) < 4.78 is 123. The van der Waals surface area contributed by atoms with Gasteiger partial charge < -0.3 is 0 Å². The van der Waals surface area contributed by atoms with Crippen LogP contribution in [0.3, 0.4) is 0 Å². The van der Waals surface area contributed by atoms with Crippen LogP contribution < -0.4 is 0 Å². The molecule has 0 saturated carbocycles. The van der Waals surface area contributed by atoms with Crippen LogP contribution in [0.15, 0.2) is 93.5 Å². The van der Waals surface area contributed by atoms with Gasteiger partial charge >= 0.3 is 18.5 Å². The molecule has 0 heterocycles. The van der Waals surface area contributed by atoms with Crippen molar-refractivity contribution in [3.63, 3.8) is 0 Å². The molecule has 3 rings (SSSR count). The summed E-state index contributed by atoms with van der Waals surface area (Å²) in [6.45, 7) is 0.908. The predicted octanol–water partition coefficient (Wildman–Crippen LogP) is 8.66. The Labute approximate surface area is 192 Å². The lowest BCUT2D eigenvalue weighted by Crippen LogP contribution is -2.35. The molecular weight excluding hydrogens is 491 g/mol. The molecule has 0 radical (unpaired) electrons. The zero-order chi connectivity index (χ0) is 25.3. The van der Waals surface area contributed by atoms with Crippen molar-refractivity contribution < 1.29 is 39.5 Å². The molecule has 0 N–H and O–H groups in total. The summed E-state index contributed by atoms with van der Waals surface area (Å²) in [5.41, 5.74) is -1.25. The molecule has 2 atom stereocenters. The second-order valence-corrected chi connectivity index (χ2v) is 9.44. The first-order valence-electron chi connectivity index (χ1n) is 9.90. The van der Waals surface area contributed by atoms with E-state index in [9.17, 15) is 39.5 Å². The molecule has 0 aliphatic heterocycles. The molecule has 0 aliphatic rings. The number of halogens is 9. The van der Waals surface area contributed by atoms with E-state index in [4.69, 9.17) is 0 Å². The molecule has 2 unspecified atom stereocenters. The summed E-state index contributed by atoms with van der Waals surface area (Å²) in [6.07, 6.45) is -16.0. The van der Waals surface area contributed by atoms with Gasteiger partial charge in [-0.15, -0.1) is 0 Å². The first-order chi connectivity index (χ1) is 15.7. The van der Waals surface area contributed by atoms with Crippen LogP contribution in [-0.4, -0.2) is 18.5 Å². The van der Waals surface area contributed by atoms with Crippen LogP contribution in [0.2, 0.25) is 0 Å². The molecular formula is C24H18F9S+. The third-order valence-corrected chi connectivity index (χ3v) is 7.55. The standard InChI is InChI=1S/C24H18F9S/c1-15(22(25,26)27)17-11-5-7-13-19(17)34(16-9-3-2-4-10-16)20-14-8-6-12-18(20)21(23(28,29)30)24(31,32)33/h2-15,21H,1H3/q+1. The van der Waals surface area contributed by atoms with Gasteiger partial charge in [0, 0.05) is 11.1 Å². The van der Waals surface area contributed by atoms with Crippen LogP contribution in [0.1, 0.15) is 29.9 Å². The van der Waals surface area contributed by atoms with Crippen LogP contribution in [0.25, 0.3) is 0 Å². The van der Waals surface area contributed by atoms with Gasteiger partial charge in [0.15, 0.2) is 20.6 Å². The van der Waals surface area contributed by atoms with Gasteiger partial charge in [0.05, 0.1) is 16.8 Å². The summed E-state index contributed by atoms with van der Waals surface area (Å²) >= 11 is 0. The molecule has 0 amide bonds. The second-order valence-electron chi connectivity index (χ2n) is 7.47. The fraction of sp³-hybridized carbons (Fsp3) is 0.250. The maximum Gasteiger partial charge on any atom is 0.404 e. The van der Waals surface area contributed by atoms with Crippen molar-refractivity contribution in [2.45, 2.75) is 52.0 Å². The highest BCUT2D eigenvalue weighted by Gasteiger charge is 2.59. The van der Waals surface area contributed by atoms with Gasteiger partial charge in [-0.25, -0.2) is 0 Å². The number of hydrogen-bond acceptors (Lipinski definition) is 0. The predicted molar refractivity (Wildman–Crippen MR) is 111 cm³/mol. The lowest BCUT2D eigenvalue weighted by molar-refractivity contribution is -0.254. The highest BCUT2D eigenvalue weighted by atomic mass is 32.2. The first-order valence-corrected chi connectivity index (χ1v) is 11.1. The van der Waals surface area contributed by atoms with Gasteiger partial charge in [-0.05, 0) is 31.2 Å². The third kappa shape index (κ3) is 5.54. The van der Waals surface area contributed by atoms with Crippen LogP contribution in [0.5, 0.6) is 0 Å². The van der Waals surface area contributed by atoms with Gasteiger partial charge in [0.1, 0.15) is 0 Å². The third-order valence-electron chi connectivity index (χ3n) is 5.18. The Hall–Kier alpha value is -2.62. The maximum absolute atomic E-state index is 13.6. The van der Waals surface area contributed by atoms with Crippen molar-refractivity contribution >= 4 is 10.9 Å². The molecule has 3 aromatic rings. The number of hydrogen-bond donors (Lipinski definition) is 0. The molecule has 0 nitrogen and oxygen atoms in total. The number of benzene rings is 3. The summed E-state index contributed by atoms with van der Waals surface area (Å²) in [4.78, 5) is -0.0379. The van der Waals surface area contributed by atoms with Crippen LogP contribution in [0.4, 0.5) is 39.5 Å². The van der Waals surface area contributed by atoms with Crippen molar-refractivity contribution in [3.05, 3.63) is 90.0 Å². The molecule has 182 valence electrons. The van der Waals surface area contributed by atoms with Crippen molar-refractivity contribution in [1.29, 1.82) is 0 Å².